The van der Waals surface area contributed by atoms with E-state index in [0.717, 1.165) is 31.6 Å². The summed E-state index contributed by atoms with van der Waals surface area (Å²) in [4.78, 5) is 12.8. The predicted molar refractivity (Wildman–Crippen MR) is 104 cm³/mol. The number of esters is 1. The van der Waals surface area contributed by atoms with Crippen molar-refractivity contribution in [1.82, 2.24) is 0 Å². The van der Waals surface area contributed by atoms with Gasteiger partial charge in [-0.3, -0.25) is 0 Å². The van der Waals surface area contributed by atoms with E-state index < -0.39 is 17.0 Å². The number of hydrogen-bond acceptors (Lipinski definition) is 3. The lowest BCUT2D eigenvalue weighted by atomic mass is 9.45. The molecule has 3 nitrogen and oxygen atoms in total. The van der Waals surface area contributed by atoms with Gasteiger partial charge < -0.3 is 9.84 Å². The molecule has 1 unspecified atom stereocenters. The fraction of sp³-hybridized carbons (Fsp3) is 0.870. The number of hydrogen-bond donors (Lipinski definition) is 1. The van der Waals surface area contributed by atoms with Gasteiger partial charge in [0.05, 0.1) is 6.26 Å². The molecule has 0 radical (unpaired) electrons. The van der Waals surface area contributed by atoms with E-state index in [1.165, 1.54) is 19.1 Å². The maximum absolute atomic E-state index is 12.8. The molecule has 3 heteroatoms. The van der Waals surface area contributed by atoms with Crippen molar-refractivity contribution in [2.45, 2.75) is 85.2 Å². The van der Waals surface area contributed by atoms with Crippen LogP contribution in [-0.4, -0.2) is 16.7 Å². The number of rotatable bonds is 2. The molecule has 1 N–H and O–H groups in total. The van der Waals surface area contributed by atoms with E-state index in [9.17, 15) is 9.90 Å². The van der Waals surface area contributed by atoms with Crippen LogP contribution in [0, 0.1) is 40.4 Å². The minimum Gasteiger partial charge on any atom is -0.433 e. The molecule has 3 fully saturated rings. The summed E-state index contributed by atoms with van der Waals surface area (Å²) in [7, 11) is 0. The molecule has 0 saturated heterocycles. The molecule has 0 spiro atoms. The molecule has 0 aromatic rings. The zero-order valence-corrected chi connectivity index (χ0v) is 17.4. The van der Waals surface area contributed by atoms with Crippen molar-refractivity contribution < 1.29 is 14.6 Å². The Kier molecular flexibility index (Phi) is 5.10. The zero-order chi connectivity index (χ0) is 19.3. The van der Waals surface area contributed by atoms with Crippen LogP contribution < -0.4 is 0 Å². The van der Waals surface area contributed by atoms with Crippen molar-refractivity contribution in [3.63, 3.8) is 0 Å². The van der Waals surface area contributed by atoms with Gasteiger partial charge in [0, 0.05) is 5.41 Å². The van der Waals surface area contributed by atoms with Gasteiger partial charge in [0.15, 0.2) is 5.60 Å². The number of ether oxygens (including phenoxy) is 1. The van der Waals surface area contributed by atoms with Gasteiger partial charge in [0.2, 0.25) is 0 Å². The Bertz CT molecular complexity index is 568. The summed E-state index contributed by atoms with van der Waals surface area (Å²) < 4.78 is 5.14. The molecule has 26 heavy (non-hydrogen) atoms. The van der Waals surface area contributed by atoms with Crippen LogP contribution in [0.3, 0.4) is 0 Å². The Morgan fingerprint density at radius 3 is 2.35 bits per heavy atom. The molecule has 3 saturated carbocycles. The van der Waals surface area contributed by atoms with E-state index in [0.29, 0.717) is 35.5 Å². The van der Waals surface area contributed by atoms with Gasteiger partial charge in [-0.15, -0.1) is 0 Å². The van der Waals surface area contributed by atoms with Crippen LogP contribution in [-0.2, 0) is 9.53 Å². The van der Waals surface area contributed by atoms with Crippen molar-refractivity contribution >= 4 is 5.97 Å². The highest BCUT2D eigenvalue weighted by Crippen LogP contribution is 2.62. The second-order valence-electron chi connectivity index (χ2n) is 10.4. The fourth-order valence-electron chi connectivity index (χ4n) is 7.16. The fourth-order valence-corrected chi connectivity index (χ4v) is 7.16. The van der Waals surface area contributed by atoms with Gasteiger partial charge >= 0.3 is 5.97 Å². The number of carbonyl (C=O) groups excluding carboxylic acids is 1. The minimum atomic E-state index is -1.39. The molecule has 0 heterocycles. The quantitative estimate of drug-likeness (QED) is 0.533. The van der Waals surface area contributed by atoms with Gasteiger partial charge in [-0.1, -0.05) is 47.6 Å². The average Bonchev–Trinajstić information content (AvgIpc) is 2.56. The maximum atomic E-state index is 12.8. The van der Waals surface area contributed by atoms with Crippen molar-refractivity contribution in [2.75, 3.05) is 0 Å². The second-order valence-corrected chi connectivity index (χ2v) is 10.4. The highest BCUT2D eigenvalue weighted by atomic mass is 16.5. The topological polar surface area (TPSA) is 46.5 Å². The predicted octanol–water partition coefficient (Wildman–Crippen LogP) is 5.33. The smallest absolute Gasteiger partial charge is 0.343 e. The third-order valence-electron chi connectivity index (χ3n) is 9.12. The van der Waals surface area contributed by atoms with Gasteiger partial charge in [-0.05, 0) is 73.5 Å². The zero-order valence-electron chi connectivity index (χ0n) is 17.4. The molecule has 7 atom stereocenters. The molecule has 0 amide bonds. The normalized spacial score (nSPS) is 47.8. The van der Waals surface area contributed by atoms with Gasteiger partial charge in [-0.25, -0.2) is 4.79 Å². The van der Waals surface area contributed by atoms with E-state index in [1.807, 2.05) is 0 Å². The van der Waals surface area contributed by atoms with Crippen LogP contribution in [0.2, 0.25) is 0 Å². The lowest BCUT2D eigenvalue weighted by Gasteiger charge is -2.60. The first-order chi connectivity index (χ1) is 12.1. The molecule has 0 aromatic carbocycles. The molecular weight excluding hydrogens is 324 g/mol. The van der Waals surface area contributed by atoms with E-state index in [2.05, 4.69) is 41.2 Å². The van der Waals surface area contributed by atoms with Crippen molar-refractivity contribution in [1.29, 1.82) is 0 Å². The molecule has 148 valence electrons. The Hall–Kier alpha value is -0.830. The Labute approximate surface area is 159 Å². The second kappa shape index (κ2) is 6.65. The van der Waals surface area contributed by atoms with E-state index >= 15 is 0 Å². The van der Waals surface area contributed by atoms with E-state index in [4.69, 9.17) is 4.74 Å². The van der Waals surface area contributed by atoms with Crippen LogP contribution in [0.15, 0.2) is 12.8 Å². The Morgan fingerprint density at radius 2 is 1.69 bits per heavy atom. The van der Waals surface area contributed by atoms with Crippen molar-refractivity contribution in [3.05, 3.63) is 12.8 Å². The maximum Gasteiger partial charge on any atom is 0.343 e. The summed E-state index contributed by atoms with van der Waals surface area (Å²) in [5.41, 5.74) is -1.47. The van der Waals surface area contributed by atoms with Crippen molar-refractivity contribution in [2.24, 2.45) is 40.4 Å². The number of fused-ring (bicyclic) bond motifs is 3. The van der Waals surface area contributed by atoms with Crippen LogP contribution in [0.25, 0.3) is 0 Å². The number of aliphatic hydroxyl groups is 1. The summed E-state index contributed by atoms with van der Waals surface area (Å²) >= 11 is 0. The molecule has 3 rings (SSSR count). The molecule has 0 aromatic heterocycles. The Balaban J connectivity index is 2.02. The molecule has 3 aliphatic carbocycles. The van der Waals surface area contributed by atoms with Gasteiger partial charge in [0.25, 0.3) is 0 Å². The highest BCUT2D eigenvalue weighted by Gasteiger charge is 2.62. The minimum absolute atomic E-state index is 0.343. The summed E-state index contributed by atoms with van der Waals surface area (Å²) in [5, 5.41) is 11.6. The van der Waals surface area contributed by atoms with Gasteiger partial charge in [-0.2, -0.15) is 0 Å². The van der Waals surface area contributed by atoms with Crippen molar-refractivity contribution in [3.8, 4) is 0 Å². The third-order valence-corrected chi connectivity index (χ3v) is 9.12. The first kappa shape index (κ1) is 19.9. The molecular formula is C23H38O3. The molecule has 2 bridgehead atoms. The molecule has 3 aliphatic rings. The summed E-state index contributed by atoms with van der Waals surface area (Å²) in [5.74, 6) is 2.45. The van der Waals surface area contributed by atoms with Crippen LogP contribution in [0.1, 0.15) is 79.6 Å². The summed E-state index contributed by atoms with van der Waals surface area (Å²) in [6.45, 7) is 15.3. The van der Waals surface area contributed by atoms with Crippen LogP contribution in [0.5, 0.6) is 0 Å². The molecule has 0 aliphatic heterocycles. The van der Waals surface area contributed by atoms with Crippen LogP contribution >= 0.6 is 0 Å². The average molecular weight is 363 g/mol. The summed E-state index contributed by atoms with van der Waals surface area (Å²) in [6.07, 6.45) is 8.26. The third kappa shape index (κ3) is 2.77. The number of carbonyl (C=O) groups is 1. The van der Waals surface area contributed by atoms with E-state index in [-0.39, 0.29) is 0 Å². The lowest BCUT2D eigenvalue weighted by molar-refractivity contribution is -0.206. The SMILES string of the molecule is C=COC(=O)C1(O)CC[C@@H](C)[C@H]2C[C@@H]3CC[C@@H](C)[C@H](CC[C@@]21C)C3(C)C. The largest absolute Gasteiger partial charge is 0.433 e. The summed E-state index contributed by atoms with van der Waals surface area (Å²) in [6, 6.07) is 0. The first-order valence-corrected chi connectivity index (χ1v) is 10.6. The van der Waals surface area contributed by atoms with Crippen LogP contribution in [0.4, 0.5) is 0 Å². The standard InChI is InChI=1S/C23H38O3/c1-7-26-20(24)23(25)13-10-16(3)19-14-17-9-8-15(2)18(21(17,4)5)11-12-22(19,23)6/h7,15-19,25H,1,8-14H2,2-6H3/t15-,16-,17+,18+,19-,22+,23?/m1/s1. The Morgan fingerprint density at radius 1 is 1.04 bits per heavy atom. The van der Waals surface area contributed by atoms with Gasteiger partial charge in [0.1, 0.15) is 0 Å². The highest BCUT2D eigenvalue weighted by molar-refractivity contribution is 5.81. The monoisotopic (exact) mass is 362 g/mol. The lowest BCUT2D eigenvalue weighted by Crippen LogP contribution is -2.62. The first-order valence-electron chi connectivity index (χ1n) is 10.6. The van der Waals surface area contributed by atoms with E-state index in [1.54, 1.807) is 0 Å².